The molecular formula is C50H150O7Si26Ti2. The fourth-order valence-corrected chi connectivity index (χ4v) is 1030. The van der Waals surface area contributed by atoms with Gasteiger partial charge in [-0.15, -0.1) is 0 Å². The van der Waals surface area contributed by atoms with Crippen LogP contribution in [-0.4, -0.2) is 188 Å². The van der Waals surface area contributed by atoms with E-state index in [1.165, 1.54) is 0 Å². The van der Waals surface area contributed by atoms with E-state index in [2.05, 4.69) is 327 Å². The maximum absolute atomic E-state index is 17.0. The molecule has 0 N–H and O–H groups in total. The minimum absolute atomic E-state index is 0. The third-order valence-corrected chi connectivity index (χ3v) is 638. The Balaban J connectivity index is -0.000000485. The van der Waals surface area contributed by atoms with Crippen LogP contribution in [0.15, 0.2) is 0 Å². The summed E-state index contributed by atoms with van der Waals surface area (Å²) in [5, 5.41) is 0. The van der Waals surface area contributed by atoms with Gasteiger partial charge in [-0.3, -0.25) is 0 Å². The van der Waals surface area contributed by atoms with Crippen LogP contribution in [-0.2, 0) is 48.9 Å². The minimum Gasteiger partial charge on any atom is -2.00 e. The van der Waals surface area contributed by atoms with Crippen molar-refractivity contribution in [1.82, 2.24) is 0 Å². The molecule has 0 radical (unpaired) electrons. The molecule has 0 saturated carbocycles. The summed E-state index contributed by atoms with van der Waals surface area (Å²) < 4.78 is 0. The van der Waals surface area contributed by atoms with Crippen molar-refractivity contribution >= 4 is 188 Å². The van der Waals surface area contributed by atoms with E-state index in [1.54, 1.807) is 0 Å². The Bertz CT molecular complexity index is 1750. The van der Waals surface area contributed by atoms with Gasteiger partial charge in [0.15, 0.2) is 0 Å². The van der Waals surface area contributed by atoms with Crippen molar-refractivity contribution in [2.45, 2.75) is 327 Å². The minimum atomic E-state index is -3.48. The Morgan fingerprint density at radius 2 is 0.165 bits per heavy atom. The molecule has 0 aromatic rings. The van der Waals surface area contributed by atoms with E-state index in [0.717, 1.165) is 0 Å². The molecule has 0 aliphatic carbocycles. The van der Waals surface area contributed by atoms with Gasteiger partial charge in [0.05, 0.1) is 0 Å². The van der Waals surface area contributed by atoms with Crippen molar-refractivity contribution in [1.29, 1.82) is 0 Å². The van der Waals surface area contributed by atoms with Crippen LogP contribution in [0.5, 0.6) is 0 Å². The van der Waals surface area contributed by atoms with Crippen LogP contribution in [0, 0.1) is 0 Å². The fraction of sp³-hybridized carbons (Fsp3) is 1.00. The van der Waals surface area contributed by atoms with E-state index in [4.69, 9.17) is 0 Å². The van der Waals surface area contributed by atoms with Crippen molar-refractivity contribution in [3.05, 3.63) is 0 Å². The van der Waals surface area contributed by atoms with Gasteiger partial charge in [0.1, 0.15) is 0 Å². The van der Waals surface area contributed by atoms with Crippen molar-refractivity contribution < 1.29 is 77.7 Å². The first-order valence-corrected chi connectivity index (χ1v) is 133. The van der Waals surface area contributed by atoms with Crippen LogP contribution in [0.4, 0.5) is 0 Å². The number of hydrogen-bond acceptors (Lipinski definition) is 6. The van der Waals surface area contributed by atoms with E-state index < -0.39 is 188 Å². The molecule has 504 valence electrons. The Morgan fingerprint density at radius 3 is 0.200 bits per heavy atom. The van der Waals surface area contributed by atoms with Crippen molar-refractivity contribution in [3.8, 4) is 0 Å². The molecule has 85 heavy (non-hydrogen) atoms. The van der Waals surface area contributed by atoms with Crippen molar-refractivity contribution in [2.24, 2.45) is 0 Å². The van der Waals surface area contributed by atoms with E-state index in [9.17, 15) is 0 Å². The average Bonchev–Trinajstić information content (AvgIpc) is 3.15. The summed E-state index contributed by atoms with van der Waals surface area (Å²) in [7, 11) is -44.0. The van der Waals surface area contributed by atoms with Gasteiger partial charge in [0, 0.05) is 131 Å². The van der Waals surface area contributed by atoms with E-state index >= 15 is 28.8 Å². The van der Waals surface area contributed by atoms with Gasteiger partial charge in [0.2, 0.25) is 0 Å². The standard InChI is InChI=1S/2C25H75O3Si13.O.2Ti/c2*1-29(2,3)38(22,30(4,5)6)35(19,26)41(25,36(20,27)39(23,31(7,8)9)32(10,11)12)37(21,28)40(24,33(13,14)15)34(16,17)18;;;/h2*1-25H3;;;/q2*-3;-2;2*+4/t2*35-,36-,37-;;;/m11.../s1. The SMILES string of the molecule is C[Si](C)(C)[Si](C)([Si](C)(C)C)[Si@@](C)([O-])[Si](C)([Si@](C)([O-])[Si](C)([Si](C)(C)C)[Si](C)(C)C)[Si@](C)([O-])[Si](C)([Si](C)(C)C)[Si](C)(C)C.C[Si](C)(C)[Si](C)([Si](C)(C)C)[Si@@](C)([O-])[Si](C)([Si@](C)([O-])[Si](C)([Si](C)(C)C)[Si](C)(C)C)[Si@](C)([O-])[Si](C)([Si](C)(C)C)[Si](C)(C)C.[O-2].[Ti+4].[Ti+4]. The van der Waals surface area contributed by atoms with Crippen molar-refractivity contribution in [2.75, 3.05) is 0 Å². The summed E-state index contributed by atoms with van der Waals surface area (Å²) in [6.45, 7) is 102. The molecule has 0 fully saturated rings. The Labute approximate surface area is 585 Å². The third-order valence-electron chi connectivity index (χ3n) is 29.4. The molecule has 0 aliphatic rings. The second-order valence-corrected chi connectivity index (χ2v) is 332. The maximum Gasteiger partial charge on any atom is 4.00 e. The normalized spacial score (nSPS) is 20.0. The average molecular weight is 1690 g/mol. The number of hydrogen-bond donors (Lipinski definition) is 0. The van der Waals surface area contributed by atoms with Gasteiger partial charge in [-0.2, -0.15) is 0 Å². The topological polar surface area (TPSA) is 167 Å². The van der Waals surface area contributed by atoms with E-state index in [0.29, 0.717) is 0 Å². The zero-order valence-electron chi connectivity index (χ0n) is 66.9. The van der Waals surface area contributed by atoms with Gasteiger partial charge in [-0.05, 0) is 13.3 Å². The Kier molecular flexibility index (Phi) is 32.6. The zero-order chi connectivity index (χ0) is 69.0. The predicted molar refractivity (Wildman–Crippen MR) is 443 cm³/mol. The molecule has 0 aromatic carbocycles. The monoisotopic (exact) mass is 1690 g/mol. The van der Waals surface area contributed by atoms with Crippen LogP contribution < -0.4 is 28.8 Å². The van der Waals surface area contributed by atoms with E-state index in [1.807, 2.05) is 0 Å². The quantitative estimate of drug-likeness (QED) is 0.0872. The molecule has 0 aromatic heterocycles. The Morgan fingerprint density at radius 1 is 0.118 bits per heavy atom. The molecule has 0 saturated heterocycles. The van der Waals surface area contributed by atoms with Crippen LogP contribution in [0.3, 0.4) is 0 Å². The molecule has 0 unspecified atom stereocenters. The van der Waals surface area contributed by atoms with Gasteiger partial charge >= 0.3 is 43.4 Å². The summed E-state index contributed by atoms with van der Waals surface area (Å²) in [4.78, 5) is 102. The zero-order valence-corrected chi connectivity index (χ0v) is 96.0. The molecule has 0 rings (SSSR count). The van der Waals surface area contributed by atoms with Crippen LogP contribution in [0.25, 0.3) is 0 Å². The molecule has 6 atom stereocenters. The molecule has 0 amide bonds. The molecule has 0 bridgehead atoms. The van der Waals surface area contributed by atoms with Crippen LogP contribution in [0.2, 0.25) is 327 Å². The second kappa shape index (κ2) is 27.6. The summed E-state index contributed by atoms with van der Waals surface area (Å²) >= 11 is 0. The van der Waals surface area contributed by atoms with Gasteiger partial charge < -0.3 is 34.3 Å². The fourth-order valence-electron chi connectivity index (χ4n) is 21.1. The van der Waals surface area contributed by atoms with Gasteiger partial charge in [0.25, 0.3) is 0 Å². The Hall–Kier alpha value is 6.79. The van der Waals surface area contributed by atoms with Gasteiger partial charge in [-0.1, -0.05) is 371 Å². The third kappa shape index (κ3) is 14.4. The molecule has 0 aliphatic heterocycles. The smallest absolute Gasteiger partial charge is 2.00 e. The first kappa shape index (κ1) is 100. The molecular weight excluding hydrogens is 1540 g/mol. The van der Waals surface area contributed by atoms with E-state index in [-0.39, 0.29) is 48.9 Å². The first-order valence-electron chi connectivity index (χ1n) is 32.2. The predicted octanol–water partition coefficient (Wildman–Crippen LogP) is 12.0. The summed E-state index contributed by atoms with van der Waals surface area (Å²) in [6.07, 6.45) is 0. The van der Waals surface area contributed by atoms with Crippen LogP contribution >= 0.6 is 0 Å². The van der Waals surface area contributed by atoms with Crippen molar-refractivity contribution in [3.63, 3.8) is 0 Å². The molecule has 7 nitrogen and oxygen atoms in total. The summed E-state index contributed by atoms with van der Waals surface area (Å²) in [5.74, 6) is 0. The number of rotatable bonds is 24. The van der Waals surface area contributed by atoms with Gasteiger partial charge in [-0.25, -0.2) is 0 Å². The molecule has 35 heteroatoms. The second-order valence-electron chi connectivity index (χ2n) is 42.2. The van der Waals surface area contributed by atoms with Crippen LogP contribution in [0.1, 0.15) is 0 Å². The molecule has 0 heterocycles. The largest absolute Gasteiger partial charge is 4.00 e. The first-order chi connectivity index (χ1) is 34.0. The summed E-state index contributed by atoms with van der Waals surface area (Å²) in [5.41, 5.74) is 0. The maximum atomic E-state index is 17.0. The molecule has 0 spiro atoms. The summed E-state index contributed by atoms with van der Waals surface area (Å²) in [6, 6.07) is 0.